The Morgan fingerprint density at radius 3 is 2.94 bits per heavy atom. The van der Waals surface area contributed by atoms with E-state index in [1.54, 1.807) is 12.1 Å². The monoisotopic (exact) mass is 286 g/mol. The lowest BCUT2D eigenvalue weighted by atomic mass is 10.2. The number of hydrogen-bond donors (Lipinski definition) is 1. The zero-order valence-corrected chi connectivity index (χ0v) is 11.2. The molecule has 1 aromatic carbocycles. The van der Waals surface area contributed by atoms with Crippen molar-refractivity contribution in [2.45, 2.75) is 6.61 Å². The first-order valence-corrected chi connectivity index (χ1v) is 6.36. The molecule has 0 amide bonds. The Kier molecular flexibility index (Phi) is 4.06. The third kappa shape index (κ3) is 2.58. The molecular weight excluding hydrogens is 276 g/mol. The van der Waals surface area contributed by atoms with Crippen LogP contribution < -0.4 is 4.74 Å². The van der Waals surface area contributed by atoms with Gasteiger partial charge in [0.05, 0.1) is 18.7 Å². The van der Waals surface area contributed by atoms with Crippen molar-refractivity contribution in [1.29, 1.82) is 0 Å². The normalized spacial score (nSPS) is 10.6. The molecule has 0 bridgehead atoms. The molecule has 0 saturated heterocycles. The van der Waals surface area contributed by atoms with E-state index in [4.69, 9.17) is 21.4 Å². The number of carbonyl (C=O) groups is 1. The van der Waals surface area contributed by atoms with Crippen LogP contribution in [0.2, 0.25) is 5.02 Å². The number of thiophene rings is 1. The third-order valence-corrected chi connectivity index (χ3v) is 4.09. The van der Waals surface area contributed by atoms with Crippen molar-refractivity contribution in [2.75, 3.05) is 13.7 Å². The molecule has 18 heavy (non-hydrogen) atoms. The van der Waals surface area contributed by atoms with Gasteiger partial charge in [-0.05, 0) is 18.2 Å². The zero-order valence-electron chi connectivity index (χ0n) is 9.60. The molecule has 0 aliphatic rings. The van der Waals surface area contributed by atoms with E-state index in [0.29, 0.717) is 10.8 Å². The van der Waals surface area contributed by atoms with E-state index in [0.717, 1.165) is 15.0 Å². The molecule has 2 rings (SSSR count). The second kappa shape index (κ2) is 5.56. The maximum Gasteiger partial charge on any atom is 0.343 e. The van der Waals surface area contributed by atoms with Crippen molar-refractivity contribution < 1.29 is 19.4 Å². The summed E-state index contributed by atoms with van der Waals surface area (Å²) in [6.45, 7) is -0.229. The number of aliphatic hydroxyl groups excluding tert-OH is 1. The molecule has 0 aliphatic heterocycles. The summed E-state index contributed by atoms with van der Waals surface area (Å²) in [5.41, 5.74) is 0. The van der Waals surface area contributed by atoms with Crippen LogP contribution in [0.15, 0.2) is 18.2 Å². The lowest BCUT2D eigenvalue weighted by molar-refractivity contribution is -0.142. The summed E-state index contributed by atoms with van der Waals surface area (Å²) in [6.07, 6.45) is 0. The van der Waals surface area contributed by atoms with Crippen LogP contribution in [-0.4, -0.2) is 24.8 Å². The quantitative estimate of drug-likeness (QED) is 0.878. The fourth-order valence-electron chi connectivity index (χ4n) is 1.49. The van der Waals surface area contributed by atoms with Gasteiger partial charge in [0.2, 0.25) is 0 Å². The van der Waals surface area contributed by atoms with Gasteiger partial charge in [-0.2, -0.15) is 0 Å². The number of halogens is 1. The predicted octanol–water partition coefficient (Wildman–Crippen LogP) is 2.60. The molecule has 0 atom stereocenters. The van der Waals surface area contributed by atoms with Gasteiger partial charge in [0.25, 0.3) is 0 Å². The van der Waals surface area contributed by atoms with E-state index < -0.39 is 5.97 Å². The highest BCUT2D eigenvalue weighted by Crippen LogP contribution is 2.37. The molecule has 0 spiro atoms. The van der Waals surface area contributed by atoms with E-state index >= 15 is 0 Å². The molecule has 1 aromatic heterocycles. The van der Waals surface area contributed by atoms with Crippen molar-refractivity contribution in [3.05, 3.63) is 28.1 Å². The van der Waals surface area contributed by atoms with Crippen LogP contribution in [0.1, 0.15) is 4.88 Å². The van der Waals surface area contributed by atoms with E-state index in [1.165, 1.54) is 18.4 Å². The van der Waals surface area contributed by atoms with Gasteiger partial charge >= 0.3 is 5.97 Å². The minimum atomic E-state index is -0.442. The topological polar surface area (TPSA) is 55.8 Å². The number of methoxy groups -OCH3 is 1. The van der Waals surface area contributed by atoms with E-state index in [9.17, 15) is 4.79 Å². The minimum Gasteiger partial charge on any atom is -0.482 e. The minimum absolute atomic E-state index is 0.0868. The Morgan fingerprint density at radius 1 is 1.50 bits per heavy atom. The second-order valence-corrected chi connectivity index (χ2v) is 5.03. The molecule has 0 aliphatic carbocycles. The lowest BCUT2D eigenvalue weighted by Gasteiger charge is -2.04. The summed E-state index contributed by atoms with van der Waals surface area (Å²) < 4.78 is 10.7. The molecular formula is C12H11ClO4S. The average molecular weight is 287 g/mol. The fraction of sp³-hybridized carbons (Fsp3) is 0.250. The van der Waals surface area contributed by atoms with Crippen LogP contribution in [0, 0.1) is 0 Å². The molecule has 0 radical (unpaired) electrons. The van der Waals surface area contributed by atoms with Crippen LogP contribution in [0.5, 0.6) is 5.75 Å². The Balaban J connectivity index is 2.26. The predicted molar refractivity (Wildman–Crippen MR) is 70.3 cm³/mol. The molecule has 0 fully saturated rings. The van der Waals surface area contributed by atoms with Crippen LogP contribution in [-0.2, 0) is 16.1 Å². The van der Waals surface area contributed by atoms with Gasteiger partial charge in [0.1, 0.15) is 5.75 Å². The highest BCUT2D eigenvalue weighted by atomic mass is 35.5. The maximum atomic E-state index is 11.0. The molecule has 4 nitrogen and oxygen atoms in total. The van der Waals surface area contributed by atoms with Crippen LogP contribution in [0.3, 0.4) is 0 Å². The van der Waals surface area contributed by atoms with Crippen LogP contribution in [0.25, 0.3) is 10.1 Å². The highest BCUT2D eigenvalue weighted by molar-refractivity contribution is 7.19. The molecule has 0 unspecified atom stereocenters. The van der Waals surface area contributed by atoms with Crippen molar-refractivity contribution >= 4 is 39.0 Å². The standard InChI is InChI=1S/C12H11ClO4S/c1-16-11(15)6-17-7-2-3-9-8(4-7)12(13)10(5-14)18-9/h2-4,14H,5-6H2,1H3. The number of fused-ring (bicyclic) bond motifs is 1. The molecule has 1 N–H and O–H groups in total. The molecule has 0 saturated carbocycles. The summed E-state index contributed by atoms with van der Waals surface area (Å²) in [4.78, 5) is 11.7. The molecule has 1 heterocycles. The number of aliphatic hydroxyl groups is 1. The largest absolute Gasteiger partial charge is 0.482 e. The van der Waals surface area contributed by atoms with Crippen molar-refractivity contribution in [1.82, 2.24) is 0 Å². The molecule has 6 heteroatoms. The number of rotatable bonds is 4. The summed E-state index contributed by atoms with van der Waals surface area (Å²) in [6, 6.07) is 5.34. The lowest BCUT2D eigenvalue weighted by Crippen LogP contribution is -2.12. The fourth-order valence-corrected chi connectivity index (χ4v) is 2.81. The smallest absolute Gasteiger partial charge is 0.343 e. The summed E-state index contributed by atoms with van der Waals surface area (Å²) in [5, 5.41) is 10.5. The Hall–Kier alpha value is -1.30. The first-order valence-electron chi connectivity index (χ1n) is 5.17. The number of carbonyl (C=O) groups excluding carboxylic acids is 1. The van der Waals surface area contributed by atoms with Gasteiger partial charge < -0.3 is 14.6 Å². The molecule has 96 valence electrons. The van der Waals surface area contributed by atoms with Crippen molar-refractivity contribution in [3.8, 4) is 5.75 Å². The Labute approximate surface area is 113 Å². The van der Waals surface area contributed by atoms with Crippen LogP contribution >= 0.6 is 22.9 Å². The summed E-state index contributed by atoms with van der Waals surface area (Å²) >= 11 is 7.55. The van der Waals surface area contributed by atoms with E-state index in [1.807, 2.05) is 6.07 Å². The average Bonchev–Trinajstić information content (AvgIpc) is 2.72. The van der Waals surface area contributed by atoms with Gasteiger partial charge in [0, 0.05) is 15.0 Å². The zero-order chi connectivity index (χ0) is 13.1. The second-order valence-electron chi connectivity index (χ2n) is 3.52. The maximum absolute atomic E-state index is 11.0. The summed E-state index contributed by atoms with van der Waals surface area (Å²) in [7, 11) is 1.30. The van der Waals surface area contributed by atoms with Gasteiger partial charge in [-0.25, -0.2) is 4.79 Å². The van der Waals surface area contributed by atoms with Crippen LogP contribution in [0.4, 0.5) is 0 Å². The van der Waals surface area contributed by atoms with E-state index in [-0.39, 0.29) is 13.2 Å². The Morgan fingerprint density at radius 2 is 2.28 bits per heavy atom. The third-order valence-electron chi connectivity index (χ3n) is 2.39. The first-order chi connectivity index (χ1) is 8.65. The number of hydrogen-bond acceptors (Lipinski definition) is 5. The van der Waals surface area contributed by atoms with Gasteiger partial charge in [-0.1, -0.05) is 11.6 Å². The summed E-state index contributed by atoms with van der Waals surface area (Å²) in [5.74, 6) is 0.0969. The Bertz CT molecular complexity index is 579. The number of esters is 1. The van der Waals surface area contributed by atoms with Crippen molar-refractivity contribution in [2.24, 2.45) is 0 Å². The molecule has 2 aromatic rings. The van der Waals surface area contributed by atoms with E-state index in [2.05, 4.69) is 4.74 Å². The SMILES string of the molecule is COC(=O)COc1ccc2sc(CO)c(Cl)c2c1. The van der Waals surface area contributed by atoms with Crippen molar-refractivity contribution in [3.63, 3.8) is 0 Å². The number of benzene rings is 1. The van der Waals surface area contributed by atoms with Gasteiger partial charge in [-0.3, -0.25) is 0 Å². The highest BCUT2D eigenvalue weighted by Gasteiger charge is 2.11. The van der Waals surface area contributed by atoms with Gasteiger partial charge in [-0.15, -0.1) is 11.3 Å². The first kappa shape index (κ1) is 13.1. The number of ether oxygens (including phenoxy) is 2. The van der Waals surface area contributed by atoms with Gasteiger partial charge in [0.15, 0.2) is 6.61 Å².